The molecule has 0 radical (unpaired) electrons. The second-order valence-corrected chi connectivity index (χ2v) is 10.7. The minimum atomic E-state index is -0.343. The van der Waals surface area contributed by atoms with Crippen molar-refractivity contribution in [2.45, 2.75) is 91.4 Å². The van der Waals surface area contributed by atoms with E-state index in [1.54, 1.807) is 12.1 Å². The first-order valence-corrected chi connectivity index (χ1v) is 14.5. The average Bonchev–Trinajstić information content (AvgIpc) is 2.94. The number of allylic oxidation sites excluding steroid dienone is 1. The molecule has 4 nitrogen and oxygen atoms in total. The molecule has 0 aromatic heterocycles. The van der Waals surface area contributed by atoms with Crippen molar-refractivity contribution in [2.24, 2.45) is 0 Å². The van der Waals surface area contributed by atoms with E-state index in [0.717, 1.165) is 37.7 Å². The van der Waals surface area contributed by atoms with Crippen LogP contribution in [0.4, 0.5) is 5.69 Å². The van der Waals surface area contributed by atoms with Crippen LogP contribution in [0.3, 0.4) is 0 Å². The molecule has 3 aromatic carbocycles. The summed E-state index contributed by atoms with van der Waals surface area (Å²) in [5.74, 6) is -0.183. The molecule has 3 aromatic rings. The largest absolute Gasteiger partial charge is 0.289 e. The van der Waals surface area contributed by atoms with Crippen molar-refractivity contribution < 1.29 is 9.72 Å². The smallest absolute Gasteiger partial charge is 0.273 e. The van der Waals surface area contributed by atoms with Crippen LogP contribution in [0.2, 0.25) is 0 Å². The number of Topliss-reactive ketones (excluding diaryl/α,β-unsaturated/α-hetero) is 1. The van der Waals surface area contributed by atoms with Gasteiger partial charge >= 0.3 is 0 Å². The van der Waals surface area contributed by atoms with E-state index in [4.69, 9.17) is 0 Å². The standard InChI is InChI=1S/C35H43NO3/c1-5-29-20-23-31(24-21-29)35(37)28(4)32-17-14-18-34(36(38)39)33(32)16-13-11-9-7-6-8-10-12-15-30-22-19-26(2)25-27(30)3/h14,17-25H,4-13,15-16H2,1-3H3. The van der Waals surface area contributed by atoms with Crippen molar-refractivity contribution in [3.63, 3.8) is 0 Å². The molecular formula is C35H43NO3. The number of nitro benzene ring substituents is 1. The molecule has 206 valence electrons. The first-order valence-electron chi connectivity index (χ1n) is 14.5. The summed E-state index contributed by atoms with van der Waals surface area (Å²) in [6, 6.07) is 19.2. The lowest BCUT2D eigenvalue weighted by Gasteiger charge is -2.12. The van der Waals surface area contributed by atoms with Gasteiger partial charge in [0.2, 0.25) is 0 Å². The van der Waals surface area contributed by atoms with Crippen molar-refractivity contribution >= 4 is 17.0 Å². The Morgan fingerprint density at radius 2 is 1.44 bits per heavy atom. The Morgan fingerprint density at radius 3 is 2.03 bits per heavy atom. The molecule has 0 saturated heterocycles. The molecule has 4 heteroatoms. The summed E-state index contributed by atoms with van der Waals surface area (Å²) in [4.78, 5) is 24.6. The predicted octanol–water partition coefficient (Wildman–Crippen LogP) is 9.58. The molecule has 0 aliphatic heterocycles. The third kappa shape index (κ3) is 8.74. The lowest BCUT2D eigenvalue weighted by molar-refractivity contribution is -0.385. The molecule has 3 rings (SSSR count). The van der Waals surface area contributed by atoms with E-state index >= 15 is 0 Å². The molecule has 0 amide bonds. The molecule has 0 aliphatic carbocycles. The summed E-state index contributed by atoms with van der Waals surface area (Å²) in [5.41, 5.74) is 7.52. The molecule has 0 N–H and O–H groups in total. The molecule has 0 spiro atoms. The number of aryl methyl sites for hydroxylation is 4. The summed E-state index contributed by atoms with van der Waals surface area (Å²) in [6.45, 7) is 10.5. The van der Waals surface area contributed by atoms with Crippen LogP contribution in [0.1, 0.15) is 102 Å². The van der Waals surface area contributed by atoms with Crippen LogP contribution in [0, 0.1) is 24.0 Å². The molecule has 0 saturated carbocycles. The van der Waals surface area contributed by atoms with Crippen LogP contribution >= 0.6 is 0 Å². The van der Waals surface area contributed by atoms with Gasteiger partial charge in [-0.2, -0.15) is 0 Å². The minimum Gasteiger partial charge on any atom is -0.289 e. The lowest BCUT2D eigenvalue weighted by Crippen LogP contribution is -2.07. The molecule has 0 aliphatic rings. The molecule has 39 heavy (non-hydrogen) atoms. The van der Waals surface area contributed by atoms with Crippen LogP contribution in [-0.4, -0.2) is 10.7 Å². The van der Waals surface area contributed by atoms with Crippen LogP contribution in [-0.2, 0) is 19.3 Å². The SMILES string of the molecule is C=C(C(=O)c1ccc(CC)cc1)c1cccc([N+](=O)[O-])c1CCCCCCCCCCc1ccc(C)cc1C. The maximum Gasteiger partial charge on any atom is 0.273 e. The Kier molecular flexibility index (Phi) is 11.7. The summed E-state index contributed by atoms with van der Waals surface area (Å²) >= 11 is 0. The van der Waals surface area contributed by atoms with Crippen molar-refractivity contribution in [3.8, 4) is 0 Å². The van der Waals surface area contributed by atoms with E-state index in [2.05, 4.69) is 45.5 Å². The van der Waals surface area contributed by atoms with Gasteiger partial charge in [-0.15, -0.1) is 0 Å². The number of carbonyl (C=O) groups excluding carboxylic acids is 1. The van der Waals surface area contributed by atoms with E-state index in [-0.39, 0.29) is 16.4 Å². The van der Waals surface area contributed by atoms with Gasteiger partial charge in [0, 0.05) is 22.8 Å². The number of ketones is 1. The highest BCUT2D eigenvalue weighted by Gasteiger charge is 2.22. The molecular weight excluding hydrogens is 482 g/mol. The third-order valence-corrected chi connectivity index (χ3v) is 7.69. The number of hydrogen-bond donors (Lipinski definition) is 0. The minimum absolute atomic E-state index is 0.0756. The lowest BCUT2D eigenvalue weighted by atomic mass is 9.90. The maximum atomic E-state index is 13.1. The summed E-state index contributed by atoms with van der Waals surface area (Å²) in [5, 5.41) is 11.8. The first-order chi connectivity index (χ1) is 18.8. The quantitative estimate of drug-likeness (QED) is 0.0615. The average molecular weight is 526 g/mol. The van der Waals surface area contributed by atoms with Crippen molar-refractivity contribution in [1.82, 2.24) is 0 Å². The van der Waals surface area contributed by atoms with Gasteiger partial charge in [0.05, 0.1) is 4.92 Å². The normalized spacial score (nSPS) is 10.9. The fraction of sp³-hybridized carbons (Fsp3) is 0.400. The Labute approximate surface area is 234 Å². The predicted molar refractivity (Wildman–Crippen MR) is 163 cm³/mol. The van der Waals surface area contributed by atoms with Gasteiger partial charge in [-0.05, 0) is 68.2 Å². The van der Waals surface area contributed by atoms with Crippen LogP contribution in [0.15, 0.2) is 67.2 Å². The first kappa shape index (κ1) is 30.0. The zero-order valence-corrected chi connectivity index (χ0v) is 23.9. The Morgan fingerprint density at radius 1 is 0.821 bits per heavy atom. The number of rotatable bonds is 16. The van der Waals surface area contributed by atoms with Gasteiger partial charge in [-0.1, -0.05) is 112 Å². The number of carbonyl (C=O) groups is 1. The molecule has 0 fully saturated rings. The molecule has 0 heterocycles. The third-order valence-electron chi connectivity index (χ3n) is 7.69. The van der Waals surface area contributed by atoms with E-state index < -0.39 is 0 Å². The Balaban J connectivity index is 1.46. The van der Waals surface area contributed by atoms with Gasteiger partial charge in [-0.3, -0.25) is 14.9 Å². The van der Waals surface area contributed by atoms with E-state index in [9.17, 15) is 14.9 Å². The second kappa shape index (κ2) is 15.2. The second-order valence-electron chi connectivity index (χ2n) is 10.7. The Bertz CT molecular complexity index is 1270. The van der Waals surface area contributed by atoms with Crippen LogP contribution in [0.5, 0.6) is 0 Å². The highest BCUT2D eigenvalue weighted by atomic mass is 16.6. The highest BCUT2D eigenvalue weighted by Crippen LogP contribution is 2.30. The molecule has 0 atom stereocenters. The Hall–Kier alpha value is -3.53. The zero-order valence-electron chi connectivity index (χ0n) is 23.9. The zero-order chi connectivity index (χ0) is 28.2. The number of nitro groups is 1. The molecule has 0 bridgehead atoms. The van der Waals surface area contributed by atoms with E-state index in [1.807, 2.05) is 24.3 Å². The molecule has 0 unspecified atom stereocenters. The fourth-order valence-corrected chi connectivity index (χ4v) is 5.28. The summed E-state index contributed by atoms with van der Waals surface area (Å²) in [7, 11) is 0. The highest BCUT2D eigenvalue weighted by molar-refractivity contribution is 6.28. The van der Waals surface area contributed by atoms with Gasteiger partial charge in [0.15, 0.2) is 5.78 Å². The maximum absolute atomic E-state index is 13.1. The van der Waals surface area contributed by atoms with Gasteiger partial charge in [-0.25, -0.2) is 0 Å². The topological polar surface area (TPSA) is 60.2 Å². The van der Waals surface area contributed by atoms with Gasteiger partial charge in [0.25, 0.3) is 5.69 Å². The van der Waals surface area contributed by atoms with Crippen molar-refractivity contribution in [2.75, 3.05) is 0 Å². The van der Waals surface area contributed by atoms with Crippen LogP contribution in [0.25, 0.3) is 5.57 Å². The van der Waals surface area contributed by atoms with Gasteiger partial charge in [0.1, 0.15) is 0 Å². The van der Waals surface area contributed by atoms with E-state index in [1.165, 1.54) is 54.9 Å². The van der Waals surface area contributed by atoms with Crippen LogP contribution < -0.4 is 0 Å². The number of benzene rings is 3. The monoisotopic (exact) mass is 525 g/mol. The fourth-order valence-electron chi connectivity index (χ4n) is 5.28. The number of unbranched alkanes of at least 4 members (excludes halogenated alkanes) is 7. The number of nitrogens with zero attached hydrogens (tertiary/aromatic N) is 1. The van der Waals surface area contributed by atoms with Gasteiger partial charge < -0.3 is 0 Å². The summed E-state index contributed by atoms with van der Waals surface area (Å²) < 4.78 is 0. The summed E-state index contributed by atoms with van der Waals surface area (Å²) in [6.07, 6.45) is 11.8. The van der Waals surface area contributed by atoms with Crippen molar-refractivity contribution in [1.29, 1.82) is 0 Å². The van der Waals surface area contributed by atoms with Crippen molar-refractivity contribution in [3.05, 3.63) is 116 Å². The number of hydrogen-bond acceptors (Lipinski definition) is 3. The van der Waals surface area contributed by atoms with E-state index in [0.29, 0.717) is 28.7 Å².